The van der Waals surface area contributed by atoms with E-state index in [1.807, 2.05) is 23.1 Å². The van der Waals surface area contributed by atoms with Crippen molar-refractivity contribution in [1.29, 1.82) is 5.26 Å². The SMILES string of the molecule is Cn1ccnc(N2CCC(COc3ccccc3C#N)CC2)c1=O. The molecule has 0 unspecified atom stereocenters. The molecule has 1 aliphatic heterocycles. The highest BCUT2D eigenvalue weighted by molar-refractivity contribution is 5.42. The lowest BCUT2D eigenvalue weighted by molar-refractivity contribution is 0.222. The second-order valence-electron chi connectivity index (χ2n) is 6.02. The summed E-state index contributed by atoms with van der Waals surface area (Å²) in [6, 6.07) is 9.43. The maximum atomic E-state index is 12.1. The van der Waals surface area contributed by atoms with Gasteiger partial charge in [0.2, 0.25) is 0 Å². The number of hydrogen-bond donors (Lipinski definition) is 0. The van der Waals surface area contributed by atoms with Gasteiger partial charge in [-0.15, -0.1) is 0 Å². The molecule has 1 fully saturated rings. The van der Waals surface area contributed by atoms with Crippen LogP contribution in [0.4, 0.5) is 5.82 Å². The van der Waals surface area contributed by atoms with Gasteiger partial charge in [0.15, 0.2) is 5.82 Å². The summed E-state index contributed by atoms with van der Waals surface area (Å²) in [6.07, 6.45) is 5.20. The highest BCUT2D eigenvalue weighted by Crippen LogP contribution is 2.23. The van der Waals surface area contributed by atoms with Crippen molar-refractivity contribution in [2.45, 2.75) is 12.8 Å². The van der Waals surface area contributed by atoms with Crippen molar-refractivity contribution in [3.8, 4) is 11.8 Å². The summed E-state index contributed by atoms with van der Waals surface area (Å²) in [5.74, 6) is 1.58. The molecule has 0 spiro atoms. The average molecular weight is 324 g/mol. The second kappa shape index (κ2) is 7.18. The zero-order chi connectivity index (χ0) is 16.9. The Morgan fingerprint density at radius 1 is 1.33 bits per heavy atom. The van der Waals surface area contributed by atoms with E-state index in [9.17, 15) is 4.79 Å². The zero-order valence-corrected chi connectivity index (χ0v) is 13.7. The molecule has 1 aromatic carbocycles. The van der Waals surface area contributed by atoms with Gasteiger partial charge < -0.3 is 14.2 Å². The average Bonchev–Trinajstić information content (AvgIpc) is 2.63. The van der Waals surface area contributed by atoms with Crippen molar-refractivity contribution in [3.63, 3.8) is 0 Å². The molecule has 0 N–H and O–H groups in total. The van der Waals surface area contributed by atoms with Crippen LogP contribution >= 0.6 is 0 Å². The van der Waals surface area contributed by atoms with Gasteiger partial charge in [0.1, 0.15) is 11.8 Å². The summed E-state index contributed by atoms with van der Waals surface area (Å²) in [5.41, 5.74) is 0.502. The number of anilines is 1. The van der Waals surface area contributed by atoms with Crippen molar-refractivity contribution in [2.24, 2.45) is 13.0 Å². The highest BCUT2D eigenvalue weighted by Gasteiger charge is 2.22. The van der Waals surface area contributed by atoms with E-state index >= 15 is 0 Å². The predicted octanol–water partition coefficient (Wildman–Crippen LogP) is 1.95. The van der Waals surface area contributed by atoms with Crippen molar-refractivity contribution in [3.05, 3.63) is 52.6 Å². The lowest BCUT2D eigenvalue weighted by atomic mass is 9.98. The molecule has 0 amide bonds. The third kappa shape index (κ3) is 3.40. The molecule has 0 atom stereocenters. The Morgan fingerprint density at radius 3 is 2.83 bits per heavy atom. The van der Waals surface area contributed by atoms with E-state index in [2.05, 4.69) is 11.1 Å². The van der Waals surface area contributed by atoms with E-state index in [0.717, 1.165) is 25.9 Å². The number of aromatic nitrogens is 2. The molecule has 1 aliphatic rings. The molecule has 124 valence electrons. The van der Waals surface area contributed by atoms with Gasteiger partial charge in [-0.2, -0.15) is 5.26 Å². The van der Waals surface area contributed by atoms with Crippen LogP contribution in [-0.4, -0.2) is 29.2 Å². The Labute approximate surface area is 140 Å². The Hall–Kier alpha value is -2.81. The highest BCUT2D eigenvalue weighted by atomic mass is 16.5. The van der Waals surface area contributed by atoms with Crippen LogP contribution in [0, 0.1) is 17.2 Å². The molecule has 0 aliphatic carbocycles. The van der Waals surface area contributed by atoms with E-state index in [0.29, 0.717) is 29.7 Å². The molecule has 2 heterocycles. The van der Waals surface area contributed by atoms with Gasteiger partial charge in [0.25, 0.3) is 5.56 Å². The van der Waals surface area contributed by atoms with Gasteiger partial charge in [-0.1, -0.05) is 12.1 Å². The molecule has 1 saturated heterocycles. The number of aryl methyl sites for hydroxylation is 1. The Balaban J connectivity index is 1.57. The first-order valence-electron chi connectivity index (χ1n) is 8.07. The third-order valence-corrected chi connectivity index (χ3v) is 4.39. The van der Waals surface area contributed by atoms with Crippen LogP contribution in [-0.2, 0) is 7.05 Å². The van der Waals surface area contributed by atoms with E-state index in [1.165, 1.54) is 0 Å². The second-order valence-corrected chi connectivity index (χ2v) is 6.02. The number of nitrogens with zero attached hydrogens (tertiary/aromatic N) is 4. The number of para-hydroxylation sites is 1. The van der Waals surface area contributed by atoms with Gasteiger partial charge >= 0.3 is 0 Å². The van der Waals surface area contributed by atoms with Crippen molar-refractivity contribution < 1.29 is 4.74 Å². The Morgan fingerprint density at radius 2 is 2.08 bits per heavy atom. The maximum Gasteiger partial charge on any atom is 0.293 e. The van der Waals surface area contributed by atoms with Crippen molar-refractivity contribution in [1.82, 2.24) is 9.55 Å². The number of nitriles is 1. The first-order valence-corrected chi connectivity index (χ1v) is 8.07. The first kappa shape index (κ1) is 16.1. The van der Waals surface area contributed by atoms with Crippen LogP contribution in [0.3, 0.4) is 0 Å². The molecule has 0 saturated carbocycles. The molecule has 3 rings (SSSR count). The van der Waals surface area contributed by atoms with Crippen molar-refractivity contribution >= 4 is 5.82 Å². The van der Waals surface area contributed by atoms with Gasteiger partial charge in [-0.25, -0.2) is 4.98 Å². The molecule has 6 nitrogen and oxygen atoms in total. The molecule has 0 bridgehead atoms. The van der Waals surface area contributed by atoms with Crippen LogP contribution in [0.25, 0.3) is 0 Å². The van der Waals surface area contributed by atoms with Crippen LogP contribution in [0.5, 0.6) is 5.75 Å². The summed E-state index contributed by atoms with van der Waals surface area (Å²) in [4.78, 5) is 18.4. The summed E-state index contributed by atoms with van der Waals surface area (Å²) in [7, 11) is 1.74. The van der Waals surface area contributed by atoms with Crippen LogP contribution in [0.2, 0.25) is 0 Å². The Bertz CT molecular complexity index is 801. The number of ether oxygens (including phenoxy) is 1. The minimum absolute atomic E-state index is 0.0600. The predicted molar refractivity (Wildman–Crippen MR) is 91.1 cm³/mol. The Kier molecular flexibility index (Phi) is 4.80. The van der Waals surface area contributed by atoms with Crippen LogP contribution in [0.15, 0.2) is 41.5 Å². The smallest absolute Gasteiger partial charge is 0.293 e. The van der Waals surface area contributed by atoms with Gasteiger partial charge in [0.05, 0.1) is 12.2 Å². The quantitative estimate of drug-likeness (QED) is 0.859. The molecule has 24 heavy (non-hydrogen) atoms. The minimum Gasteiger partial charge on any atom is -0.492 e. The number of hydrogen-bond acceptors (Lipinski definition) is 5. The van der Waals surface area contributed by atoms with Crippen LogP contribution in [0.1, 0.15) is 18.4 Å². The fraction of sp³-hybridized carbons (Fsp3) is 0.389. The molecule has 1 aromatic heterocycles. The van der Waals surface area contributed by atoms with E-state index in [1.54, 1.807) is 30.1 Å². The monoisotopic (exact) mass is 324 g/mol. The summed E-state index contributed by atoms with van der Waals surface area (Å²) >= 11 is 0. The lowest BCUT2D eigenvalue weighted by Gasteiger charge is -2.32. The molecule has 2 aromatic rings. The summed E-state index contributed by atoms with van der Waals surface area (Å²) < 4.78 is 7.38. The molecule has 0 radical (unpaired) electrons. The number of rotatable bonds is 4. The largest absolute Gasteiger partial charge is 0.492 e. The van der Waals surface area contributed by atoms with Gasteiger partial charge in [-0.3, -0.25) is 4.79 Å². The zero-order valence-electron chi connectivity index (χ0n) is 13.7. The fourth-order valence-electron chi connectivity index (χ4n) is 2.91. The summed E-state index contributed by atoms with van der Waals surface area (Å²) in [6.45, 7) is 2.17. The van der Waals surface area contributed by atoms with E-state index in [4.69, 9.17) is 10.00 Å². The van der Waals surface area contributed by atoms with Gasteiger partial charge in [0, 0.05) is 32.5 Å². The number of piperidine rings is 1. The van der Waals surface area contributed by atoms with Crippen molar-refractivity contribution in [2.75, 3.05) is 24.6 Å². The third-order valence-electron chi connectivity index (χ3n) is 4.39. The number of benzene rings is 1. The van der Waals surface area contributed by atoms with Gasteiger partial charge in [-0.05, 0) is 30.9 Å². The fourth-order valence-corrected chi connectivity index (χ4v) is 2.91. The summed E-state index contributed by atoms with van der Waals surface area (Å²) in [5, 5.41) is 9.09. The molecular formula is C18H20N4O2. The topological polar surface area (TPSA) is 71.2 Å². The molecular weight excluding hydrogens is 304 g/mol. The van der Waals surface area contributed by atoms with E-state index < -0.39 is 0 Å². The normalized spacial score (nSPS) is 15.1. The van der Waals surface area contributed by atoms with E-state index in [-0.39, 0.29) is 5.56 Å². The minimum atomic E-state index is -0.0600. The molecule has 6 heteroatoms. The maximum absolute atomic E-state index is 12.1. The lowest BCUT2D eigenvalue weighted by Crippen LogP contribution is -2.39. The standard InChI is InChI=1S/C18H20N4O2/c1-21-11-8-20-17(18(21)23)22-9-6-14(7-10-22)13-24-16-5-3-2-4-15(16)12-19/h2-5,8,11,14H,6-7,9-10,13H2,1H3. The first-order chi connectivity index (χ1) is 11.7. The van der Waals surface area contributed by atoms with Crippen LogP contribution < -0.4 is 15.2 Å².